The van der Waals surface area contributed by atoms with Gasteiger partial charge in [-0.05, 0) is 38.5 Å². The van der Waals surface area contributed by atoms with Gasteiger partial charge >= 0.3 is 0 Å². The number of aliphatic hydroxyl groups excluding tert-OH is 8. The fourth-order valence-electron chi connectivity index (χ4n) is 11.7. The van der Waals surface area contributed by atoms with Gasteiger partial charge in [0.15, 0.2) is 12.6 Å². The maximum Gasteiger partial charge on any atom is 0.220 e. The molecule has 0 aliphatic carbocycles. The zero-order valence-electron chi connectivity index (χ0n) is 52.1. The Morgan fingerprint density at radius 1 is 0.432 bits per heavy atom. The fourth-order valence-corrected chi connectivity index (χ4v) is 11.7. The van der Waals surface area contributed by atoms with Crippen LogP contribution in [-0.4, -0.2) is 140 Å². The summed E-state index contributed by atoms with van der Waals surface area (Å²) in [4.78, 5) is 13.3. The predicted molar refractivity (Wildman–Crippen MR) is 328 cm³/mol. The van der Waals surface area contributed by atoms with E-state index in [1.807, 2.05) is 0 Å². The van der Waals surface area contributed by atoms with Crippen molar-refractivity contribution in [3.63, 3.8) is 0 Å². The van der Waals surface area contributed by atoms with E-state index in [4.69, 9.17) is 18.9 Å². The Kier molecular flexibility index (Phi) is 49.6. The summed E-state index contributed by atoms with van der Waals surface area (Å²) in [5, 5.41) is 87.4. The molecule has 14 heteroatoms. The highest BCUT2D eigenvalue weighted by atomic mass is 16.7. The molecule has 2 aliphatic heterocycles. The van der Waals surface area contributed by atoms with Crippen molar-refractivity contribution < 1.29 is 64.6 Å². The second-order valence-corrected chi connectivity index (χ2v) is 24.7. The second kappa shape index (κ2) is 53.0. The van der Waals surface area contributed by atoms with Crippen molar-refractivity contribution in [1.82, 2.24) is 5.32 Å². The van der Waals surface area contributed by atoms with E-state index in [0.717, 1.165) is 64.2 Å². The van der Waals surface area contributed by atoms with Crippen molar-refractivity contribution >= 4 is 5.91 Å². The molecule has 81 heavy (non-hydrogen) atoms. The Morgan fingerprint density at radius 3 is 1.17 bits per heavy atom. The van der Waals surface area contributed by atoms with Crippen molar-refractivity contribution in [1.29, 1.82) is 0 Å². The largest absolute Gasteiger partial charge is 0.394 e. The minimum atomic E-state index is -1.78. The van der Waals surface area contributed by atoms with Crippen molar-refractivity contribution in [3.8, 4) is 0 Å². The Morgan fingerprint density at radius 2 is 0.778 bits per heavy atom. The summed E-state index contributed by atoms with van der Waals surface area (Å²) in [6.45, 7) is 2.88. The molecule has 1 amide bonds. The second-order valence-electron chi connectivity index (χ2n) is 24.7. The van der Waals surface area contributed by atoms with Crippen LogP contribution in [0.2, 0.25) is 0 Å². The number of hydrogen-bond donors (Lipinski definition) is 9. The van der Waals surface area contributed by atoms with Crippen LogP contribution in [0, 0.1) is 0 Å². The van der Waals surface area contributed by atoms with E-state index in [2.05, 4.69) is 31.3 Å². The molecule has 2 rings (SSSR count). The average Bonchev–Trinajstić information content (AvgIpc) is 3.65. The molecule has 0 saturated carbocycles. The molecule has 2 fully saturated rings. The molecule has 14 nitrogen and oxygen atoms in total. The Hall–Kier alpha value is -1.27. The summed E-state index contributed by atoms with van der Waals surface area (Å²) in [7, 11) is 0. The maximum atomic E-state index is 13.3. The first-order valence-corrected chi connectivity index (χ1v) is 34.4. The standard InChI is InChI=1S/C67H129NO13/c1-3-5-7-9-11-13-15-17-19-20-21-22-23-24-25-26-27-28-29-30-31-32-33-34-35-36-37-38-40-42-44-46-48-50-56(71)55(68-59(72)51-49-47-45-43-41-39-18-16-14-12-10-8-6-4-2)54-78-66-64(77)62(75)65(58(53-70)80-66)81-67-63(76)61(74)60(73)57(52-69)79-67/h16,18,55-58,60-67,69-71,73-77H,3-15,17,19-54H2,1-2H3,(H,68,72)/b18-16-. The number of allylic oxidation sites excluding steroid dienone is 2. The van der Waals surface area contributed by atoms with E-state index < -0.39 is 86.8 Å². The lowest BCUT2D eigenvalue weighted by atomic mass is 9.97. The predicted octanol–water partition coefficient (Wildman–Crippen LogP) is 13.4. The molecule has 9 N–H and O–H groups in total. The Bertz CT molecular complexity index is 1410. The van der Waals surface area contributed by atoms with Gasteiger partial charge < -0.3 is 65.1 Å². The van der Waals surface area contributed by atoms with Crippen molar-refractivity contribution in [3.05, 3.63) is 12.2 Å². The van der Waals surface area contributed by atoms with Crippen LogP contribution in [0.15, 0.2) is 12.2 Å². The number of ether oxygens (including phenoxy) is 4. The molecule has 2 heterocycles. The van der Waals surface area contributed by atoms with Crippen LogP contribution < -0.4 is 5.32 Å². The molecule has 0 aromatic carbocycles. The summed E-state index contributed by atoms with van der Waals surface area (Å²) in [6, 6.07) is -0.831. The number of carbonyl (C=O) groups is 1. The molecule has 0 aromatic heterocycles. The molecule has 12 unspecified atom stereocenters. The minimum absolute atomic E-state index is 0.211. The van der Waals surface area contributed by atoms with Crippen LogP contribution in [0.1, 0.15) is 316 Å². The molecule has 12 atom stereocenters. The van der Waals surface area contributed by atoms with E-state index in [-0.39, 0.29) is 12.5 Å². The number of hydrogen-bond acceptors (Lipinski definition) is 13. The van der Waals surface area contributed by atoms with Crippen LogP contribution in [0.3, 0.4) is 0 Å². The highest BCUT2D eigenvalue weighted by Crippen LogP contribution is 2.30. The molecule has 0 aromatic rings. The van der Waals surface area contributed by atoms with Gasteiger partial charge in [-0.1, -0.05) is 283 Å². The van der Waals surface area contributed by atoms with Crippen LogP contribution in [0.5, 0.6) is 0 Å². The molecular weight excluding hydrogens is 1030 g/mol. The first-order chi connectivity index (χ1) is 39.6. The monoisotopic (exact) mass is 1160 g/mol. The molecule has 2 aliphatic rings. The van der Waals surface area contributed by atoms with Gasteiger partial charge in [0.1, 0.15) is 48.8 Å². The third-order valence-corrected chi connectivity index (χ3v) is 17.2. The Balaban J connectivity index is 1.61. The summed E-state index contributed by atoms with van der Waals surface area (Å²) in [5.74, 6) is -0.211. The zero-order valence-corrected chi connectivity index (χ0v) is 52.1. The molecule has 0 radical (unpaired) electrons. The van der Waals surface area contributed by atoms with E-state index in [1.165, 1.54) is 218 Å². The van der Waals surface area contributed by atoms with E-state index in [9.17, 15) is 45.6 Å². The summed E-state index contributed by atoms with van der Waals surface area (Å²) in [5.41, 5.74) is 0. The SMILES string of the molecule is CCCCCCC/C=C\CCCCCCCC(=O)NC(COC1OC(CO)C(OC2OC(CO)C(O)C(O)C2O)C(O)C1O)C(O)CCCCCCCCCCCCCCCCCCCCCCCCCCCCCCCCCCC. The lowest BCUT2D eigenvalue weighted by Gasteiger charge is -2.46. The van der Waals surface area contributed by atoms with Gasteiger partial charge in [-0.2, -0.15) is 0 Å². The molecule has 2 saturated heterocycles. The van der Waals surface area contributed by atoms with Gasteiger partial charge in [0.2, 0.25) is 5.91 Å². The third kappa shape index (κ3) is 37.8. The van der Waals surface area contributed by atoms with Crippen LogP contribution in [0.25, 0.3) is 0 Å². The third-order valence-electron chi connectivity index (χ3n) is 17.2. The van der Waals surface area contributed by atoms with Crippen LogP contribution in [0.4, 0.5) is 0 Å². The van der Waals surface area contributed by atoms with Crippen LogP contribution in [-0.2, 0) is 23.7 Å². The van der Waals surface area contributed by atoms with Gasteiger partial charge in [-0.25, -0.2) is 0 Å². The smallest absolute Gasteiger partial charge is 0.220 e. The van der Waals surface area contributed by atoms with Crippen molar-refractivity contribution in [2.75, 3.05) is 19.8 Å². The number of unbranched alkanes of at least 4 members (excludes halogenated alkanes) is 42. The van der Waals surface area contributed by atoms with E-state index in [0.29, 0.717) is 19.3 Å². The van der Waals surface area contributed by atoms with Gasteiger partial charge in [0.05, 0.1) is 32.0 Å². The Labute approximate surface area is 495 Å². The number of carbonyl (C=O) groups excluding carboxylic acids is 1. The lowest BCUT2D eigenvalue weighted by Crippen LogP contribution is -2.65. The number of aliphatic hydroxyl groups is 8. The highest BCUT2D eigenvalue weighted by molar-refractivity contribution is 5.76. The minimum Gasteiger partial charge on any atom is -0.394 e. The highest BCUT2D eigenvalue weighted by Gasteiger charge is 2.51. The van der Waals surface area contributed by atoms with Crippen molar-refractivity contribution in [2.24, 2.45) is 0 Å². The first-order valence-electron chi connectivity index (χ1n) is 34.4. The quantitative estimate of drug-likeness (QED) is 0.0204. The van der Waals surface area contributed by atoms with Crippen LogP contribution >= 0.6 is 0 Å². The molecular formula is C67H129NO13. The lowest BCUT2D eigenvalue weighted by molar-refractivity contribution is -0.359. The zero-order chi connectivity index (χ0) is 58.8. The average molecular weight is 1160 g/mol. The number of amides is 1. The summed E-state index contributed by atoms with van der Waals surface area (Å²) >= 11 is 0. The molecule has 0 bridgehead atoms. The van der Waals surface area contributed by atoms with Gasteiger partial charge in [-0.3, -0.25) is 4.79 Å². The van der Waals surface area contributed by atoms with Crippen molar-refractivity contribution in [2.45, 2.75) is 389 Å². The first kappa shape index (κ1) is 75.8. The fraction of sp³-hybridized carbons (Fsp3) is 0.955. The molecule has 0 spiro atoms. The van der Waals surface area contributed by atoms with Gasteiger partial charge in [-0.15, -0.1) is 0 Å². The van der Waals surface area contributed by atoms with Gasteiger partial charge in [0.25, 0.3) is 0 Å². The summed E-state index contributed by atoms with van der Waals surface area (Å²) < 4.78 is 22.9. The molecule has 480 valence electrons. The number of rotatable bonds is 57. The summed E-state index contributed by atoms with van der Waals surface area (Å²) in [6.07, 6.45) is 46.8. The van der Waals surface area contributed by atoms with Gasteiger partial charge in [0, 0.05) is 6.42 Å². The maximum absolute atomic E-state index is 13.3. The van der Waals surface area contributed by atoms with E-state index >= 15 is 0 Å². The normalized spacial score (nSPS) is 24.1. The number of nitrogens with one attached hydrogen (secondary N) is 1. The van der Waals surface area contributed by atoms with E-state index in [1.54, 1.807) is 0 Å². The topological polar surface area (TPSA) is 228 Å².